The van der Waals surface area contributed by atoms with Crippen molar-refractivity contribution in [1.82, 2.24) is 20.2 Å². The lowest BCUT2D eigenvalue weighted by Crippen LogP contribution is -2.48. The number of benzene rings is 2. The van der Waals surface area contributed by atoms with Gasteiger partial charge in [-0.15, -0.1) is 9.12 Å². The van der Waals surface area contributed by atoms with Crippen molar-refractivity contribution in [1.29, 1.82) is 0 Å². The molecule has 2 aromatic heterocycles. The molecule has 6 rings (SSSR count). The zero-order chi connectivity index (χ0) is 38.6. The van der Waals surface area contributed by atoms with Crippen molar-refractivity contribution in [3.8, 4) is 23.0 Å². The van der Waals surface area contributed by atoms with Crippen LogP contribution in [0, 0.1) is 0 Å². The molecule has 1 amide bonds. The predicted molar refractivity (Wildman–Crippen MR) is 218 cm³/mol. The molecule has 292 valence electrons. The van der Waals surface area contributed by atoms with Crippen molar-refractivity contribution in [3.63, 3.8) is 0 Å². The van der Waals surface area contributed by atoms with Crippen LogP contribution in [0.5, 0.6) is 23.0 Å². The molecule has 2 saturated heterocycles. The summed E-state index contributed by atoms with van der Waals surface area (Å²) in [5, 5.41) is 19.7. The third kappa shape index (κ3) is 15.1. The SMILES string of the molecule is C.CB(O)P.COc1cc(OC)cc(N2CCN(C(=O)c3ccncc3)CC2)c1.COc1cc(OC)cc(N2CCNCC2)c1.O=C(O)c1ccncc1. The van der Waals surface area contributed by atoms with E-state index in [2.05, 4.69) is 34.2 Å². The number of piperazine rings is 2. The minimum Gasteiger partial charge on any atom is -0.497 e. The number of carbonyl (C=O) groups excluding carboxylic acids is 1. The Hall–Kier alpha value is -5.11. The summed E-state index contributed by atoms with van der Waals surface area (Å²) in [5.74, 6) is 2.35. The number of rotatable bonds is 8. The molecule has 4 aromatic rings. The molecule has 2 aromatic carbocycles. The van der Waals surface area contributed by atoms with Crippen molar-refractivity contribution < 1.29 is 38.7 Å². The first-order valence-corrected chi connectivity index (χ1v) is 17.7. The number of nitrogens with zero attached hydrogens (tertiary/aromatic N) is 5. The van der Waals surface area contributed by atoms with Crippen molar-refractivity contribution in [2.24, 2.45) is 0 Å². The summed E-state index contributed by atoms with van der Waals surface area (Å²) < 4.78 is 21.2. The summed E-state index contributed by atoms with van der Waals surface area (Å²) in [5.41, 5.74) is 3.16. The van der Waals surface area contributed by atoms with Crippen molar-refractivity contribution in [2.45, 2.75) is 14.2 Å². The highest BCUT2D eigenvalue weighted by Gasteiger charge is 2.23. The van der Waals surface area contributed by atoms with E-state index in [0.29, 0.717) is 18.7 Å². The smallest absolute Gasteiger partial charge is 0.335 e. The summed E-state index contributed by atoms with van der Waals surface area (Å²) in [4.78, 5) is 36.7. The number of methoxy groups -OCH3 is 4. The van der Waals surface area contributed by atoms with E-state index < -0.39 is 5.97 Å². The quantitative estimate of drug-likeness (QED) is 0.170. The van der Waals surface area contributed by atoms with E-state index in [1.54, 1.807) is 59.8 Å². The van der Waals surface area contributed by atoms with Crippen LogP contribution in [0.15, 0.2) is 85.5 Å². The van der Waals surface area contributed by atoms with Crippen molar-refractivity contribution >= 4 is 39.0 Å². The Morgan fingerprint density at radius 1 is 0.667 bits per heavy atom. The largest absolute Gasteiger partial charge is 0.497 e. The number of aromatic carboxylic acids is 1. The molecule has 0 bridgehead atoms. The number of nitrogens with one attached hydrogen (secondary N) is 1. The van der Waals surface area contributed by atoms with Gasteiger partial charge in [0, 0.05) is 130 Å². The lowest BCUT2D eigenvalue weighted by atomic mass is 10.1. The highest BCUT2D eigenvalue weighted by atomic mass is 31.0. The molecule has 0 radical (unpaired) electrons. The third-order valence-corrected chi connectivity index (χ3v) is 7.94. The van der Waals surface area contributed by atoms with Crippen LogP contribution in [0.25, 0.3) is 0 Å². The Kier molecular flexibility index (Phi) is 20.2. The number of hydrogen-bond acceptors (Lipinski definition) is 12. The Morgan fingerprint density at radius 3 is 1.35 bits per heavy atom. The molecule has 16 heteroatoms. The summed E-state index contributed by atoms with van der Waals surface area (Å²) in [6, 6.07) is 18.2. The van der Waals surface area contributed by atoms with Gasteiger partial charge in [-0.3, -0.25) is 14.8 Å². The number of anilines is 2. The van der Waals surface area contributed by atoms with Crippen molar-refractivity contribution in [2.75, 3.05) is 90.6 Å². The molecule has 0 saturated carbocycles. The van der Waals surface area contributed by atoms with Crippen LogP contribution in [-0.4, -0.2) is 124 Å². The van der Waals surface area contributed by atoms with E-state index in [-0.39, 0.29) is 25.5 Å². The molecule has 0 spiro atoms. The summed E-state index contributed by atoms with van der Waals surface area (Å²) >= 11 is 0. The number of hydrogen-bond donors (Lipinski definition) is 3. The van der Waals surface area contributed by atoms with Crippen LogP contribution in [0.2, 0.25) is 6.82 Å². The second-order valence-electron chi connectivity index (χ2n) is 11.7. The van der Waals surface area contributed by atoms with Gasteiger partial charge < -0.3 is 49.1 Å². The molecule has 4 heterocycles. The van der Waals surface area contributed by atoms with Gasteiger partial charge in [0.25, 0.3) is 5.91 Å². The molecular weight excluding hydrogens is 710 g/mol. The second-order valence-corrected chi connectivity index (χ2v) is 12.6. The van der Waals surface area contributed by atoms with E-state index in [0.717, 1.165) is 73.6 Å². The molecule has 14 nitrogen and oxygen atoms in total. The Balaban J connectivity index is 0.000000289. The summed E-state index contributed by atoms with van der Waals surface area (Å²) in [7, 11) is 8.85. The van der Waals surface area contributed by atoms with E-state index >= 15 is 0 Å². The molecule has 1 unspecified atom stereocenters. The highest BCUT2D eigenvalue weighted by molar-refractivity contribution is 7.59. The predicted octanol–water partition coefficient (Wildman–Crippen LogP) is 4.56. The molecule has 54 heavy (non-hydrogen) atoms. The van der Waals surface area contributed by atoms with Gasteiger partial charge in [0.1, 0.15) is 23.0 Å². The first-order chi connectivity index (χ1) is 25.6. The topological polar surface area (TPSA) is 159 Å². The number of carbonyl (C=O) groups is 2. The second kappa shape index (κ2) is 24.3. The zero-order valence-electron chi connectivity index (χ0n) is 31.0. The van der Waals surface area contributed by atoms with Crippen LogP contribution in [0.4, 0.5) is 11.4 Å². The average Bonchev–Trinajstić information content (AvgIpc) is 3.21. The Labute approximate surface area is 321 Å². The van der Waals surface area contributed by atoms with Crippen LogP contribution < -0.4 is 34.1 Å². The fraction of sp³-hybridized carbons (Fsp3) is 0.368. The lowest BCUT2D eigenvalue weighted by molar-refractivity contribution is 0.0695. The monoisotopic (exact) mass is 764 g/mol. The van der Waals surface area contributed by atoms with Gasteiger partial charge in [-0.25, -0.2) is 4.79 Å². The third-order valence-electron chi connectivity index (χ3n) is 7.94. The molecule has 2 aliphatic rings. The molecular formula is C38H54BN6O8P. The standard InChI is InChI=1S/C18H21N3O3.C12H18N2O2.C6H5NO2.CH6BOP.CH4/c1-23-16-11-15(12-17(13-16)24-2)20-7-9-21(10-8-20)18(22)14-3-5-19-6-4-14;1-15-11-7-10(8-12(9-11)16-2)14-5-3-13-4-6-14;8-6(9)5-1-3-7-4-2-5;1-2(3)4;/h3-6,11-13H,7-10H2,1-2H3;7-9,13H,3-6H2,1-2H3;1-4H,(H,8,9);3H,4H2,1H3;1H4. The maximum atomic E-state index is 12.5. The molecule has 0 aliphatic carbocycles. The van der Waals surface area contributed by atoms with E-state index in [9.17, 15) is 9.59 Å². The van der Waals surface area contributed by atoms with Crippen LogP contribution in [-0.2, 0) is 0 Å². The molecule has 2 fully saturated rings. The number of aromatic nitrogens is 2. The Morgan fingerprint density at radius 2 is 1.02 bits per heavy atom. The van der Waals surface area contributed by atoms with Gasteiger partial charge in [0.15, 0.2) is 0 Å². The molecule has 2 aliphatic heterocycles. The number of amides is 1. The van der Waals surface area contributed by atoms with E-state index in [1.165, 1.54) is 24.5 Å². The van der Waals surface area contributed by atoms with Gasteiger partial charge in [0.2, 0.25) is 0 Å². The fourth-order valence-electron chi connectivity index (χ4n) is 5.21. The minimum atomic E-state index is -0.919. The summed E-state index contributed by atoms with van der Waals surface area (Å²) in [6.07, 6.45) is 6.19. The highest BCUT2D eigenvalue weighted by Crippen LogP contribution is 2.30. The van der Waals surface area contributed by atoms with Crippen molar-refractivity contribution in [3.05, 3.63) is 96.6 Å². The first kappa shape index (κ1) is 45.1. The summed E-state index contributed by atoms with van der Waals surface area (Å²) in [6.45, 7) is 8.44. The number of pyridine rings is 2. The van der Waals surface area contributed by atoms with Crippen LogP contribution in [0.3, 0.4) is 0 Å². The van der Waals surface area contributed by atoms with Gasteiger partial charge >= 0.3 is 12.6 Å². The fourth-order valence-corrected chi connectivity index (χ4v) is 5.21. The minimum absolute atomic E-state index is 0. The maximum absolute atomic E-state index is 12.5. The van der Waals surface area contributed by atoms with E-state index in [1.807, 2.05) is 41.3 Å². The van der Waals surface area contributed by atoms with E-state index in [4.69, 9.17) is 29.1 Å². The first-order valence-electron chi connectivity index (χ1n) is 17.0. The molecule has 3 N–H and O–H groups in total. The molecule has 1 atom stereocenters. The normalized spacial score (nSPS) is 13.1. The van der Waals surface area contributed by atoms with Gasteiger partial charge in [-0.05, 0) is 24.3 Å². The number of ether oxygens (including phenoxy) is 4. The number of carboxylic acid groups (broad SMARTS) is 1. The Bertz CT molecular complexity index is 1630. The van der Waals surface area contributed by atoms with Gasteiger partial charge in [0.05, 0.1) is 34.0 Å². The van der Waals surface area contributed by atoms with Gasteiger partial charge in [-0.1, -0.05) is 14.2 Å². The maximum Gasteiger partial charge on any atom is 0.335 e. The lowest BCUT2D eigenvalue weighted by Gasteiger charge is -2.36. The average molecular weight is 765 g/mol. The zero-order valence-corrected chi connectivity index (χ0v) is 32.1. The van der Waals surface area contributed by atoms with Gasteiger partial charge in [-0.2, -0.15) is 0 Å². The van der Waals surface area contributed by atoms with Crippen LogP contribution in [0.1, 0.15) is 28.1 Å². The number of carboxylic acids is 1. The van der Waals surface area contributed by atoms with Crippen LogP contribution >= 0.6 is 9.12 Å².